The molecule has 3 nitrogen and oxygen atoms in total. The number of carbonyl (C=O) groups is 1. The van der Waals surface area contributed by atoms with Gasteiger partial charge in [0.15, 0.2) is 6.20 Å². The third-order valence-corrected chi connectivity index (χ3v) is 2.37. The van der Waals surface area contributed by atoms with Gasteiger partial charge in [-0.15, -0.1) is 0 Å². The topological polar surface area (TPSA) is 44.0 Å². The molecule has 0 aliphatic carbocycles. The molecule has 12 heavy (non-hydrogen) atoms. The second-order valence-electron chi connectivity index (χ2n) is 2.36. The van der Waals surface area contributed by atoms with E-state index in [0.717, 1.165) is 5.03 Å². The van der Waals surface area contributed by atoms with Crippen LogP contribution in [0, 0.1) is 0 Å². The van der Waals surface area contributed by atoms with Crippen LogP contribution >= 0.6 is 11.8 Å². The molecule has 0 fully saturated rings. The van der Waals surface area contributed by atoms with E-state index in [2.05, 4.69) is 0 Å². The summed E-state index contributed by atoms with van der Waals surface area (Å²) in [6.07, 6.45) is 3.48. The highest BCUT2D eigenvalue weighted by Crippen LogP contribution is 2.08. The van der Waals surface area contributed by atoms with Gasteiger partial charge in [-0.25, -0.2) is 0 Å². The molecule has 0 radical (unpaired) electrons. The predicted octanol–water partition coefficient (Wildman–Crippen LogP) is -0.404. The van der Waals surface area contributed by atoms with Gasteiger partial charge in [0.2, 0.25) is 5.03 Å². The van der Waals surface area contributed by atoms with Gasteiger partial charge in [0.1, 0.15) is 7.05 Å². The van der Waals surface area contributed by atoms with Gasteiger partial charge in [0.05, 0.1) is 11.5 Å². The molecule has 0 aliphatic heterocycles. The molecule has 1 aromatic rings. The molecular formula is C8H9NO2S. The Morgan fingerprint density at radius 1 is 1.58 bits per heavy atom. The number of nitrogens with zero attached hydrogens (tertiary/aromatic N) is 1. The Labute approximate surface area is 75.0 Å². The van der Waals surface area contributed by atoms with E-state index in [1.165, 1.54) is 0 Å². The Hall–Kier alpha value is -1.03. The summed E-state index contributed by atoms with van der Waals surface area (Å²) in [5.41, 5.74) is 0.204. The fraction of sp³-hybridized carbons (Fsp3) is 0.250. The first-order valence-corrected chi connectivity index (χ1v) is 4.62. The van der Waals surface area contributed by atoms with Crippen molar-refractivity contribution < 1.29 is 14.5 Å². The number of carbonyl (C=O) groups excluding carboxylic acids is 1. The summed E-state index contributed by atoms with van der Waals surface area (Å²) in [5, 5.41) is 11.4. The maximum absolute atomic E-state index is 10.4. The molecular weight excluding hydrogens is 174 g/mol. The molecule has 1 heterocycles. The molecule has 4 heteroatoms. The Bertz CT molecular complexity index is 312. The van der Waals surface area contributed by atoms with Crippen LogP contribution in [-0.4, -0.2) is 12.2 Å². The van der Waals surface area contributed by atoms with Crippen molar-refractivity contribution in [1.29, 1.82) is 0 Å². The fourth-order valence-electron chi connectivity index (χ4n) is 0.927. The SMILES string of the molecule is CSc1ccc(C(=O)[O-])c[n+]1C. The maximum Gasteiger partial charge on any atom is 0.239 e. The molecule has 64 valence electrons. The maximum atomic E-state index is 10.4. The van der Waals surface area contributed by atoms with E-state index >= 15 is 0 Å². The molecule has 1 aromatic heterocycles. The summed E-state index contributed by atoms with van der Waals surface area (Å²) >= 11 is 1.57. The highest BCUT2D eigenvalue weighted by atomic mass is 32.2. The van der Waals surface area contributed by atoms with E-state index in [0.29, 0.717) is 0 Å². The zero-order valence-electron chi connectivity index (χ0n) is 6.90. The minimum atomic E-state index is -1.14. The van der Waals surface area contributed by atoms with E-state index in [-0.39, 0.29) is 5.56 Å². The van der Waals surface area contributed by atoms with Crippen molar-refractivity contribution in [3.05, 3.63) is 23.9 Å². The van der Waals surface area contributed by atoms with Gasteiger partial charge in [0.25, 0.3) is 0 Å². The van der Waals surface area contributed by atoms with Gasteiger partial charge in [-0.05, 0) is 12.3 Å². The van der Waals surface area contributed by atoms with Gasteiger partial charge in [-0.1, -0.05) is 11.8 Å². The van der Waals surface area contributed by atoms with E-state index in [1.54, 1.807) is 41.7 Å². The van der Waals surface area contributed by atoms with Crippen LogP contribution in [0.5, 0.6) is 0 Å². The van der Waals surface area contributed by atoms with Gasteiger partial charge in [-0.2, -0.15) is 4.57 Å². The second-order valence-corrected chi connectivity index (χ2v) is 3.19. The van der Waals surface area contributed by atoms with Gasteiger partial charge in [0, 0.05) is 6.07 Å². The highest BCUT2D eigenvalue weighted by molar-refractivity contribution is 7.98. The van der Waals surface area contributed by atoms with Gasteiger partial charge >= 0.3 is 0 Å². The summed E-state index contributed by atoms with van der Waals surface area (Å²) in [6.45, 7) is 0. The smallest absolute Gasteiger partial charge is 0.239 e. The summed E-state index contributed by atoms with van der Waals surface area (Å²) in [4.78, 5) is 10.4. The average molecular weight is 183 g/mol. The molecule has 0 amide bonds. The lowest BCUT2D eigenvalue weighted by Crippen LogP contribution is -2.34. The molecule has 0 aromatic carbocycles. The number of carboxylic acids is 1. The average Bonchev–Trinajstić information content (AvgIpc) is 2.04. The number of pyridine rings is 1. The number of hydrogen-bond donors (Lipinski definition) is 0. The monoisotopic (exact) mass is 183 g/mol. The standard InChI is InChI=1S/C8H9NO2S/c1-9-5-6(8(10)11)3-4-7(9)12-2/h3-5H,1-2H3. The number of aryl methyl sites for hydroxylation is 1. The lowest BCUT2D eigenvalue weighted by atomic mass is 10.3. The summed E-state index contributed by atoms with van der Waals surface area (Å²) in [7, 11) is 1.80. The van der Waals surface area contributed by atoms with E-state index in [9.17, 15) is 9.90 Å². The van der Waals surface area contributed by atoms with Crippen LogP contribution in [0.1, 0.15) is 10.4 Å². The molecule has 0 bridgehead atoms. The molecule has 0 atom stereocenters. The minimum absolute atomic E-state index is 0.204. The van der Waals surface area contributed by atoms with Crippen molar-refractivity contribution in [2.45, 2.75) is 5.03 Å². The fourth-order valence-corrected chi connectivity index (χ4v) is 1.47. The van der Waals surface area contributed by atoms with Crippen LogP contribution < -0.4 is 9.67 Å². The number of hydrogen-bond acceptors (Lipinski definition) is 3. The van der Waals surface area contributed by atoms with Crippen molar-refractivity contribution in [1.82, 2.24) is 0 Å². The Kier molecular flexibility index (Phi) is 2.70. The van der Waals surface area contributed by atoms with E-state index < -0.39 is 5.97 Å². The first-order valence-electron chi connectivity index (χ1n) is 3.40. The van der Waals surface area contributed by atoms with Crippen molar-refractivity contribution in [3.63, 3.8) is 0 Å². The highest BCUT2D eigenvalue weighted by Gasteiger charge is 2.05. The molecule has 0 unspecified atom stereocenters. The molecule has 0 aliphatic rings. The second kappa shape index (κ2) is 3.58. The molecule has 0 saturated heterocycles. The number of carboxylic acid groups (broad SMARTS) is 1. The Morgan fingerprint density at radius 3 is 2.67 bits per heavy atom. The Morgan fingerprint density at radius 2 is 2.25 bits per heavy atom. The summed E-state index contributed by atoms with van der Waals surface area (Å²) < 4.78 is 1.76. The quantitative estimate of drug-likeness (QED) is 0.463. The Balaban J connectivity index is 3.10. The number of rotatable bonds is 2. The molecule has 0 saturated carbocycles. The lowest BCUT2D eigenvalue weighted by molar-refractivity contribution is -0.709. The van der Waals surface area contributed by atoms with Crippen molar-refractivity contribution in [2.24, 2.45) is 7.05 Å². The van der Waals surface area contributed by atoms with E-state index in [1.807, 2.05) is 6.26 Å². The number of aromatic carboxylic acids is 1. The van der Waals surface area contributed by atoms with Crippen molar-refractivity contribution in [3.8, 4) is 0 Å². The number of aromatic nitrogens is 1. The first-order chi connectivity index (χ1) is 5.65. The van der Waals surface area contributed by atoms with E-state index in [4.69, 9.17) is 0 Å². The zero-order chi connectivity index (χ0) is 9.14. The van der Waals surface area contributed by atoms with Crippen LogP contribution in [0.15, 0.2) is 23.4 Å². The summed E-state index contributed by atoms with van der Waals surface area (Å²) in [5.74, 6) is -1.14. The van der Waals surface area contributed by atoms with Crippen LogP contribution in [0.3, 0.4) is 0 Å². The third-order valence-electron chi connectivity index (χ3n) is 1.53. The molecule has 1 rings (SSSR count). The molecule has 0 N–H and O–H groups in total. The third kappa shape index (κ3) is 1.76. The number of thioether (sulfide) groups is 1. The van der Waals surface area contributed by atoms with Gasteiger partial charge in [-0.3, -0.25) is 0 Å². The van der Waals surface area contributed by atoms with Gasteiger partial charge < -0.3 is 9.90 Å². The predicted molar refractivity (Wildman–Crippen MR) is 43.7 cm³/mol. The van der Waals surface area contributed by atoms with Crippen LogP contribution in [0.25, 0.3) is 0 Å². The van der Waals surface area contributed by atoms with Crippen LogP contribution in [0.2, 0.25) is 0 Å². The first kappa shape index (κ1) is 9.06. The normalized spacial score (nSPS) is 9.83. The summed E-state index contributed by atoms with van der Waals surface area (Å²) in [6, 6.07) is 3.30. The molecule has 0 spiro atoms. The largest absolute Gasteiger partial charge is 0.545 e. The van der Waals surface area contributed by atoms with Crippen LogP contribution in [0.4, 0.5) is 0 Å². The van der Waals surface area contributed by atoms with Crippen molar-refractivity contribution >= 4 is 17.7 Å². The zero-order valence-corrected chi connectivity index (χ0v) is 7.72. The minimum Gasteiger partial charge on any atom is -0.545 e. The lowest BCUT2D eigenvalue weighted by Gasteiger charge is -2.00. The van der Waals surface area contributed by atoms with Crippen LogP contribution in [-0.2, 0) is 7.05 Å². The van der Waals surface area contributed by atoms with Crippen molar-refractivity contribution in [2.75, 3.05) is 6.26 Å².